The van der Waals surface area contributed by atoms with Crippen LogP contribution in [-0.4, -0.2) is 17.9 Å². The number of thioether (sulfide) groups is 1. The summed E-state index contributed by atoms with van der Waals surface area (Å²) in [7, 11) is 1.84. The normalized spacial score (nSPS) is 10.0. The second-order valence-electron chi connectivity index (χ2n) is 3.29. The summed E-state index contributed by atoms with van der Waals surface area (Å²) < 4.78 is 0. The molecule has 3 heteroatoms. The number of carbonyl (C=O) groups is 1. The fourth-order valence-corrected chi connectivity index (χ4v) is 2.22. The highest BCUT2D eigenvalue weighted by Crippen LogP contribution is 2.21. The maximum absolute atomic E-state index is 11.8. The quantitative estimate of drug-likeness (QED) is 0.776. The number of unbranched alkanes of at least 4 members (excludes halogenated alkanes) is 1. The molecule has 0 spiro atoms. The van der Waals surface area contributed by atoms with Gasteiger partial charge in [0.1, 0.15) is 0 Å². The standard InChI is InChI=1S/C12H17NOS/c1-3-4-9-15-12(14)10-7-5-6-8-11(10)13-2/h5-8,13H,3-4,9H2,1-2H3. The molecule has 0 saturated carbocycles. The molecule has 1 rings (SSSR count). The topological polar surface area (TPSA) is 29.1 Å². The summed E-state index contributed by atoms with van der Waals surface area (Å²) >= 11 is 1.40. The van der Waals surface area contributed by atoms with Crippen molar-refractivity contribution in [1.29, 1.82) is 0 Å². The monoisotopic (exact) mass is 223 g/mol. The predicted octanol–water partition coefficient (Wildman–Crippen LogP) is 3.40. The van der Waals surface area contributed by atoms with Crippen LogP contribution in [0.1, 0.15) is 30.1 Å². The van der Waals surface area contributed by atoms with Crippen LogP contribution in [0.3, 0.4) is 0 Å². The number of para-hydroxylation sites is 1. The average molecular weight is 223 g/mol. The van der Waals surface area contributed by atoms with Crippen molar-refractivity contribution in [3.05, 3.63) is 29.8 Å². The van der Waals surface area contributed by atoms with Crippen molar-refractivity contribution in [3.8, 4) is 0 Å². The van der Waals surface area contributed by atoms with Gasteiger partial charge in [-0.1, -0.05) is 37.2 Å². The van der Waals surface area contributed by atoms with E-state index in [-0.39, 0.29) is 5.12 Å². The Morgan fingerprint density at radius 3 is 2.80 bits per heavy atom. The van der Waals surface area contributed by atoms with Crippen LogP contribution in [0, 0.1) is 0 Å². The largest absolute Gasteiger partial charge is 0.388 e. The third-order valence-corrected chi connectivity index (χ3v) is 3.12. The van der Waals surface area contributed by atoms with Crippen LogP contribution in [0.25, 0.3) is 0 Å². The lowest BCUT2D eigenvalue weighted by Gasteiger charge is -2.06. The molecule has 1 aromatic carbocycles. The first kappa shape index (κ1) is 12.1. The molecule has 82 valence electrons. The van der Waals surface area contributed by atoms with Crippen molar-refractivity contribution < 1.29 is 4.79 Å². The summed E-state index contributed by atoms with van der Waals surface area (Å²) in [5.41, 5.74) is 1.69. The van der Waals surface area contributed by atoms with Crippen molar-refractivity contribution >= 4 is 22.6 Å². The third kappa shape index (κ3) is 3.59. The van der Waals surface area contributed by atoms with E-state index in [0.29, 0.717) is 0 Å². The van der Waals surface area contributed by atoms with Gasteiger partial charge < -0.3 is 5.32 Å². The first-order valence-electron chi connectivity index (χ1n) is 5.23. The summed E-state index contributed by atoms with van der Waals surface area (Å²) in [4.78, 5) is 11.8. The Bertz CT molecular complexity index is 325. The first-order chi connectivity index (χ1) is 7.29. The highest BCUT2D eigenvalue weighted by molar-refractivity contribution is 8.14. The van der Waals surface area contributed by atoms with E-state index in [0.717, 1.165) is 29.8 Å². The van der Waals surface area contributed by atoms with Crippen LogP contribution in [0.4, 0.5) is 5.69 Å². The Labute approximate surface area is 95.5 Å². The Morgan fingerprint density at radius 1 is 1.40 bits per heavy atom. The van der Waals surface area contributed by atoms with Crippen LogP contribution in [0.5, 0.6) is 0 Å². The molecule has 0 bridgehead atoms. The van der Waals surface area contributed by atoms with Crippen molar-refractivity contribution in [2.24, 2.45) is 0 Å². The van der Waals surface area contributed by atoms with E-state index >= 15 is 0 Å². The molecule has 2 nitrogen and oxygen atoms in total. The molecule has 0 radical (unpaired) electrons. The fraction of sp³-hybridized carbons (Fsp3) is 0.417. The molecule has 0 atom stereocenters. The summed E-state index contributed by atoms with van der Waals surface area (Å²) in [6.07, 6.45) is 2.23. The molecule has 0 fully saturated rings. The maximum Gasteiger partial charge on any atom is 0.221 e. The first-order valence-corrected chi connectivity index (χ1v) is 6.22. The minimum atomic E-state index is 0.161. The number of hydrogen-bond acceptors (Lipinski definition) is 3. The number of anilines is 1. The minimum absolute atomic E-state index is 0.161. The van der Waals surface area contributed by atoms with E-state index in [1.54, 1.807) is 0 Å². The lowest BCUT2D eigenvalue weighted by Crippen LogP contribution is -2.00. The Morgan fingerprint density at radius 2 is 2.13 bits per heavy atom. The van der Waals surface area contributed by atoms with E-state index in [9.17, 15) is 4.79 Å². The van der Waals surface area contributed by atoms with Crippen LogP contribution in [0.2, 0.25) is 0 Å². The molecular weight excluding hydrogens is 206 g/mol. The van der Waals surface area contributed by atoms with Gasteiger partial charge in [0.25, 0.3) is 0 Å². The molecule has 1 aromatic rings. The van der Waals surface area contributed by atoms with E-state index in [4.69, 9.17) is 0 Å². The molecule has 0 aliphatic carbocycles. The Hall–Kier alpha value is -0.960. The number of rotatable bonds is 5. The highest BCUT2D eigenvalue weighted by Gasteiger charge is 2.09. The second-order valence-corrected chi connectivity index (χ2v) is 4.35. The van der Waals surface area contributed by atoms with E-state index in [1.807, 2.05) is 31.3 Å². The maximum atomic E-state index is 11.8. The van der Waals surface area contributed by atoms with Gasteiger partial charge in [0.2, 0.25) is 5.12 Å². The lowest BCUT2D eigenvalue weighted by molar-refractivity contribution is 0.108. The molecule has 15 heavy (non-hydrogen) atoms. The Balaban J connectivity index is 2.64. The van der Waals surface area contributed by atoms with Gasteiger partial charge >= 0.3 is 0 Å². The molecule has 0 heterocycles. The molecule has 0 aromatic heterocycles. The number of benzene rings is 1. The molecule has 0 aliphatic heterocycles. The zero-order chi connectivity index (χ0) is 11.1. The van der Waals surface area contributed by atoms with E-state index in [2.05, 4.69) is 12.2 Å². The fourth-order valence-electron chi connectivity index (χ4n) is 1.27. The molecule has 0 unspecified atom stereocenters. The van der Waals surface area contributed by atoms with Gasteiger partial charge in [0, 0.05) is 18.5 Å². The zero-order valence-electron chi connectivity index (χ0n) is 9.25. The second kappa shape index (κ2) is 6.51. The van der Waals surface area contributed by atoms with Crippen molar-refractivity contribution in [2.45, 2.75) is 19.8 Å². The van der Waals surface area contributed by atoms with Crippen molar-refractivity contribution in [2.75, 3.05) is 18.1 Å². The number of carbonyl (C=O) groups excluding carboxylic acids is 1. The SMILES string of the molecule is CCCCSC(=O)c1ccccc1NC. The summed E-state index contributed by atoms with van der Waals surface area (Å²) in [5.74, 6) is 0.910. The molecular formula is C12H17NOS. The van der Waals surface area contributed by atoms with Crippen LogP contribution in [-0.2, 0) is 0 Å². The number of nitrogens with one attached hydrogen (secondary N) is 1. The van der Waals surface area contributed by atoms with Crippen LogP contribution < -0.4 is 5.32 Å². The van der Waals surface area contributed by atoms with Gasteiger partial charge in [-0.15, -0.1) is 0 Å². The zero-order valence-corrected chi connectivity index (χ0v) is 10.1. The van der Waals surface area contributed by atoms with E-state index in [1.165, 1.54) is 11.8 Å². The van der Waals surface area contributed by atoms with Gasteiger partial charge in [-0.3, -0.25) is 4.79 Å². The molecule has 1 N–H and O–H groups in total. The van der Waals surface area contributed by atoms with Gasteiger partial charge in [-0.2, -0.15) is 0 Å². The third-order valence-electron chi connectivity index (χ3n) is 2.15. The average Bonchev–Trinajstić information content (AvgIpc) is 2.29. The highest BCUT2D eigenvalue weighted by atomic mass is 32.2. The van der Waals surface area contributed by atoms with Crippen LogP contribution >= 0.6 is 11.8 Å². The van der Waals surface area contributed by atoms with E-state index < -0.39 is 0 Å². The smallest absolute Gasteiger partial charge is 0.221 e. The van der Waals surface area contributed by atoms with Gasteiger partial charge in [0.05, 0.1) is 5.56 Å². The summed E-state index contributed by atoms with van der Waals surface area (Å²) in [6, 6.07) is 7.62. The Kier molecular flexibility index (Phi) is 5.26. The molecule has 0 aliphatic rings. The molecule has 0 amide bonds. The van der Waals surface area contributed by atoms with Crippen molar-refractivity contribution in [1.82, 2.24) is 0 Å². The summed E-state index contributed by atoms with van der Waals surface area (Å²) in [6.45, 7) is 2.13. The number of hydrogen-bond donors (Lipinski definition) is 1. The predicted molar refractivity (Wildman–Crippen MR) is 67.7 cm³/mol. The summed E-state index contributed by atoms with van der Waals surface area (Å²) in [5, 5.41) is 3.19. The van der Waals surface area contributed by atoms with Gasteiger partial charge in [0.15, 0.2) is 0 Å². The van der Waals surface area contributed by atoms with Gasteiger partial charge in [-0.05, 0) is 18.6 Å². The minimum Gasteiger partial charge on any atom is -0.388 e. The van der Waals surface area contributed by atoms with Crippen molar-refractivity contribution in [3.63, 3.8) is 0 Å². The molecule has 0 saturated heterocycles. The lowest BCUT2D eigenvalue weighted by atomic mass is 10.2. The van der Waals surface area contributed by atoms with Gasteiger partial charge in [-0.25, -0.2) is 0 Å². The van der Waals surface area contributed by atoms with Crippen LogP contribution in [0.15, 0.2) is 24.3 Å².